The van der Waals surface area contributed by atoms with E-state index in [0.717, 1.165) is 30.4 Å². The van der Waals surface area contributed by atoms with E-state index in [1.54, 1.807) is 0 Å². The molecule has 1 unspecified atom stereocenters. The number of nitro groups is 1. The van der Waals surface area contributed by atoms with Gasteiger partial charge in [0.1, 0.15) is 18.1 Å². The van der Waals surface area contributed by atoms with Crippen LogP contribution in [0.1, 0.15) is 42.7 Å². The van der Waals surface area contributed by atoms with Crippen molar-refractivity contribution in [2.24, 2.45) is 5.92 Å². The van der Waals surface area contributed by atoms with Crippen molar-refractivity contribution in [1.82, 2.24) is 0 Å². The lowest BCUT2D eigenvalue weighted by Gasteiger charge is -2.27. The number of nitrogens with zero attached hydrogens (tertiary/aromatic N) is 1. The Morgan fingerprint density at radius 3 is 2.65 bits per heavy atom. The molecular formula is C21H23NO4. The van der Waals surface area contributed by atoms with Gasteiger partial charge in [-0.05, 0) is 36.1 Å². The molecule has 0 bridgehead atoms. The van der Waals surface area contributed by atoms with Crippen molar-refractivity contribution in [2.45, 2.75) is 38.2 Å². The Labute approximate surface area is 153 Å². The van der Waals surface area contributed by atoms with E-state index >= 15 is 0 Å². The number of ether oxygens (including phenoxy) is 1. The van der Waals surface area contributed by atoms with E-state index in [2.05, 4.69) is 0 Å². The minimum absolute atomic E-state index is 0.152. The number of carbonyl (C=O) groups is 1. The summed E-state index contributed by atoms with van der Waals surface area (Å²) >= 11 is 0. The highest BCUT2D eigenvalue weighted by Crippen LogP contribution is 2.35. The Kier molecular flexibility index (Phi) is 6.00. The molecule has 136 valence electrons. The van der Waals surface area contributed by atoms with Gasteiger partial charge in [-0.1, -0.05) is 48.9 Å². The summed E-state index contributed by atoms with van der Waals surface area (Å²) in [6.07, 6.45) is 3.10. The van der Waals surface area contributed by atoms with E-state index in [0.29, 0.717) is 18.8 Å². The molecule has 1 aliphatic carbocycles. The predicted molar refractivity (Wildman–Crippen MR) is 98.8 cm³/mol. The van der Waals surface area contributed by atoms with Gasteiger partial charge in [0.2, 0.25) is 6.54 Å². The monoisotopic (exact) mass is 353 g/mol. The fourth-order valence-corrected chi connectivity index (χ4v) is 3.64. The first-order valence-corrected chi connectivity index (χ1v) is 9.04. The lowest BCUT2D eigenvalue weighted by Crippen LogP contribution is -2.30. The number of carbonyl (C=O) groups excluding carboxylic acids is 1. The van der Waals surface area contributed by atoms with Crippen LogP contribution < -0.4 is 4.74 Å². The Morgan fingerprint density at radius 2 is 1.92 bits per heavy atom. The molecule has 3 rings (SSSR count). The molecule has 26 heavy (non-hydrogen) atoms. The fraction of sp³-hybridized carbons (Fsp3) is 0.381. The number of Topliss-reactive ketones (excluding diaryl/α,β-unsaturated/α-hetero) is 1. The van der Waals surface area contributed by atoms with Gasteiger partial charge < -0.3 is 4.74 Å². The summed E-state index contributed by atoms with van der Waals surface area (Å²) in [5.41, 5.74) is 1.87. The van der Waals surface area contributed by atoms with Crippen LogP contribution in [0.5, 0.6) is 5.75 Å². The summed E-state index contributed by atoms with van der Waals surface area (Å²) < 4.78 is 5.85. The fourth-order valence-electron chi connectivity index (χ4n) is 3.64. The average molecular weight is 353 g/mol. The molecule has 0 aliphatic heterocycles. The number of hydrogen-bond acceptors (Lipinski definition) is 4. The Bertz CT molecular complexity index is 760. The topological polar surface area (TPSA) is 69.4 Å². The van der Waals surface area contributed by atoms with Crippen LogP contribution in [-0.4, -0.2) is 17.3 Å². The molecule has 1 aliphatic rings. The highest BCUT2D eigenvalue weighted by atomic mass is 16.6. The van der Waals surface area contributed by atoms with E-state index in [1.807, 2.05) is 54.6 Å². The average Bonchev–Trinajstić information content (AvgIpc) is 2.66. The molecule has 2 aromatic carbocycles. The molecule has 0 aromatic heterocycles. The van der Waals surface area contributed by atoms with Crippen molar-refractivity contribution in [3.63, 3.8) is 0 Å². The summed E-state index contributed by atoms with van der Waals surface area (Å²) in [6.45, 7) is 0.213. The molecule has 2 aromatic rings. The maximum absolute atomic E-state index is 12.3. The lowest BCUT2D eigenvalue weighted by atomic mass is 9.76. The van der Waals surface area contributed by atoms with Gasteiger partial charge in [0.15, 0.2) is 0 Å². The predicted octanol–water partition coefficient (Wildman–Crippen LogP) is 4.39. The van der Waals surface area contributed by atoms with Crippen LogP contribution in [0.15, 0.2) is 54.6 Å². The molecule has 0 amide bonds. The van der Waals surface area contributed by atoms with E-state index in [-0.39, 0.29) is 23.2 Å². The Morgan fingerprint density at radius 1 is 1.12 bits per heavy atom. The summed E-state index contributed by atoms with van der Waals surface area (Å²) in [5.74, 6) is 0.165. The largest absolute Gasteiger partial charge is 0.489 e. The number of hydrogen-bond donors (Lipinski definition) is 0. The van der Waals surface area contributed by atoms with Crippen molar-refractivity contribution >= 4 is 5.78 Å². The van der Waals surface area contributed by atoms with Crippen LogP contribution in [0, 0.1) is 16.0 Å². The number of ketones is 1. The van der Waals surface area contributed by atoms with Gasteiger partial charge in [0.05, 0.1) is 5.92 Å². The normalized spacial score (nSPS) is 18.3. The number of benzene rings is 2. The maximum atomic E-state index is 12.3. The van der Waals surface area contributed by atoms with Gasteiger partial charge in [-0.3, -0.25) is 14.9 Å². The number of rotatable bonds is 7. The van der Waals surface area contributed by atoms with Crippen LogP contribution in [0.4, 0.5) is 0 Å². The van der Waals surface area contributed by atoms with Crippen molar-refractivity contribution in [1.29, 1.82) is 0 Å². The minimum atomic E-state index is -0.391. The molecule has 1 fully saturated rings. The summed E-state index contributed by atoms with van der Waals surface area (Å²) in [6, 6.07) is 17.2. The second kappa shape index (κ2) is 8.61. The lowest BCUT2D eigenvalue weighted by molar-refractivity contribution is -0.484. The summed E-state index contributed by atoms with van der Waals surface area (Å²) in [4.78, 5) is 23.2. The van der Waals surface area contributed by atoms with Crippen LogP contribution >= 0.6 is 0 Å². The van der Waals surface area contributed by atoms with Gasteiger partial charge in [0, 0.05) is 17.3 Å². The molecule has 5 nitrogen and oxygen atoms in total. The second-order valence-corrected chi connectivity index (χ2v) is 6.79. The summed E-state index contributed by atoms with van der Waals surface area (Å²) in [5, 5.41) is 11.2. The SMILES string of the molecule is O=C1CCCCC1[C@@H](C[N+](=O)[O-])c1cccc(OCc2ccccc2)c1. The first kappa shape index (κ1) is 18.1. The Hall–Kier alpha value is -2.69. The molecule has 2 atom stereocenters. The maximum Gasteiger partial charge on any atom is 0.211 e. The van der Waals surface area contributed by atoms with Gasteiger partial charge >= 0.3 is 0 Å². The van der Waals surface area contributed by atoms with Gasteiger partial charge in [0.25, 0.3) is 0 Å². The van der Waals surface area contributed by atoms with Gasteiger partial charge in [-0.15, -0.1) is 0 Å². The van der Waals surface area contributed by atoms with Crippen LogP contribution in [-0.2, 0) is 11.4 Å². The molecule has 0 spiro atoms. The standard InChI is InChI=1S/C21H23NO4/c23-21-12-5-4-11-19(21)20(14-22(24)25)17-9-6-10-18(13-17)26-15-16-7-2-1-3-8-16/h1-3,6-10,13,19-20H,4-5,11-12,14-15H2/t19?,20-/m0/s1. The quantitative estimate of drug-likeness (QED) is 0.547. The molecular weight excluding hydrogens is 330 g/mol. The third-order valence-corrected chi connectivity index (χ3v) is 4.97. The minimum Gasteiger partial charge on any atom is -0.489 e. The van der Waals surface area contributed by atoms with Crippen LogP contribution in [0.25, 0.3) is 0 Å². The zero-order valence-electron chi connectivity index (χ0n) is 14.7. The third-order valence-electron chi connectivity index (χ3n) is 4.97. The smallest absolute Gasteiger partial charge is 0.211 e. The van der Waals surface area contributed by atoms with Gasteiger partial charge in [-0.2, -0.15) is 0 Å². The Balaban J connectivity index is 1.78. The second-order valence-electron chi connectivity index (χ2n) is 6.79. The first-order valence-electron chi connectivity index (χ1n) is 9.04. The van der Waals surface area contributed by atoms with Crippen molar-refractivity contribution < 1.29 is 14.5 Å². The zero-order valence-corrected chi connectivity index (χ0v) is 14.7. The van der Waals surface area contributed by atoms with Crippen LogP contribution in [0.2, 0.25) is 0 Å². The van der Waals surface area contributed by atoms with Crippen molar-refractivity contribution in [3.8, 4) is 5.75 Å². The third kappa shape index (κ3) is 4.69. The van der Waals surface area contributed by atoms with Crippen LogP contribution in [0.3, 0.4) is 0 Å². The molecule has 0 N–H and O–H groups in total. The molecule has 5 heteroatoms. The highest BCUT2D eigenvalue weighted by Gasteiger charge is 2.34. The highest BCUT2D eigenvalue weighted by molar-refractivity contribution is 5.82. The van der Waals surface area contributed by atoms with E-state index in [9.17, 15) is 14.9 Å². The van der Waals surface area contributed by atoms with Crippen molar-refractivity contribution in [2.75, 3.05) is 6.54 Å². The molecule has 0 heterocycles. The van der Waals surface area contributed by atoms with E-state index in [1.165, 1.54) is 0 Å². The molecule has 1 saturated carbocycles. The zero-order chi connectivity index (χ0) is 18.4. The summed E-state index contributed by atoms with van der Waals surface area (Å²) in [7, 11) is 0. The first-order chi connectivity index (χ1) is 12.6. The van der Waals surface area contributed by atoms with E-state index in [4.69, 9.17) is 4.74 Å². The molecule has 0 radical (unpaired) electrons. The van der Waals surface area contributed by atoms with Gasteiger partial charge in [-0.25, -0.2) is 0 Å². The van der Waals surface area contributed by atoms with E-state index < -0.39 is 5.92 Å². The van der Waals surface area contributed by atoms with Crippen molar-refractivity contribution in [3.05, 3.63) is 75.8 Å². The molecule has 0 saturated heterocycles.